The van der Waals surface area contributed by atoms with Gasteiger partial charge in [0.15, 0.2) is 0 Å². The maximum atomic E-state index is 10.1. The maximum absolute atomic E-state index is 10.1. The summed E-state index contributed by atoms with van der Waals surface area (Å²) in [6.07, 6.45) is 0. The number of primary amides is 1. The smallest absolute Gasteiger partial charge is 0.300 e. The topological polar surface area (TPSA) is 96.8 Å². The highest BCUT2D eigenvalue weighted by Crippen LogP contribution is 1.78. The van der Waals surface area contributed by atoms with Crippen molar-refractivity contribution in [3.05, 3.63) is 0 Å². The molecule has 0 unspecified atom stereocenters. The number of carbonyl (C=O) groups is 1. The number of amidine groups is 1. The van der Waals surface area contributed by atoms with Crippen LogP contribution in [0.5, 0.6) is 0 Å². The van der Waals surface area contributed by atoms with Crippen LogP contribution in [0.3, 0.4) is 0 Å². The van der Waals surface area contributed by atoms with Gasteiger partial charge in [-0.2, -0.15) is 0 Å². The molecule has 0 saturated carbocycles. The first-order valence-electron chi connectivity index (χ1n) is 1.91. The van der Waals surface area contributed by atoms with E-state index in [1.807, 2.05) is 0 Å². The zero-order valence-electron chi connectivity index (χ0n) is 3.90. The van der Waals surface area contributed by atoms with Gasteiger partial charge in [0.05, 0.1) is 5.22 Å². The van der Waals surface area contributed by atoms with E-state index in [9.17, 15) is 4.79 Å². The fraction of sp³-hybridized carbons (Fsp3) is 0. The molecular weight excluding hydrogens is 110 g/mol. The van der Waals surface area contributed by atoms with E-state index in [4.69, 9.17) is 5.73 Å². The molecule has 1 amide bonds. The third-order valence-corrected chi connectivity index (χ3v) is 0.605. The van der Waals surface area contributed by atoms with Crippen molar-refractivity contribution in [2.24, 2.45) is 21.2 Å². The Morgan fingerprint density at radius 2 is 2.50 bits per heavy atom. The maximum Gasteiger partial charge on any atom is 0.300 e. The Labute approximate surface area is 44.4 Å². The molecule has 4 N–H and O–H groups in total. The third-order valence-electron chi connectivity index (χ3n) is 0.605. The quantitative estimate of drug-likeness (QED) is 0.369. The molecule has 1 aliphatic heterocycles. The van der Waals surface area contributed by atoms with Crippen LogP contribution in [-0.4, -0.2) is 11.7 Å². The summed E-state index contributed by atoms with van der Waals surface area (Å²) in [4.78, 5) is 10.1. The summed E-state index contributed by atoms with van der Waals surface area (Å²) in [5, 5.41) is 9.98. The molecule has 0 aromatic rings. The van der Waals surface area contributed by atoms with Crippen molar-refractivity contribution in [1.82, 2.24) is 0 Å². The second-order valence-corrected chi connectivity index (χ2v) is 1.15. The van der Waals surface area contributed by atoms with Crippen LogP contribution in [-0.2, 0) is 4.79 Å². The number of nitrogens with two attached hydrogens (primary N) is 2. The number of rotatable bonds is 1. The van der Waals surface area contributed by atoms with Crippen LogP contribution in [0.2, 0.25) is 0 Å². The Kier molecular flexibility index (Phi) is 1.01. The van der Waals surface area contributed by atoms with E-state index in [0.29, 0.717) is 0 Å². The van der Waals surface area contributed by atoms with E-state index in [1.165, 1.54) is 5.53 Å². The van der Waals surface area contributed by atoms with Gasteiger partial charge in [0.2, 0.25) is 0 Å². The fourth-order valence-electron chi connectivity index (χ4n) is 0.300. The summed E-state index contributed by atoms with van der Waals surface area (Å²) in [6, 6.07) is 0. The van der Waals surface area contributed by atoms with Gasteiger partial charge >= 0.3 is 5.84 Å². The molecule has 0 bridgehead atoms. The lowest BCUT2D eigenvalue weighted by atomic mass is 10.6. The van der Waals surface area contributed by atoms with Gasteiger partial charge in [-0.05, 0) is 5.10 Å². The Morgan fingerprint density at radius 3 is 2.75 bits per heavy atom. The van der Waals surface area contributed by atoms with Crippen LogP contribution in [0.4, 0.5) is 0 Å². The molecule has 8 heavy (non-hydrogen) atoms. The lowest BCUT2D eigenvalue weighted by Crippen LogP contribution is -2.69. The van der Waals surface area contributed by atoms with E-state index in [-0.39, 0.29) is 5.84 Å². The second-order valence-electron chi connectivity index (χ2n) is 1.15. The van der Waals surface area contributed by atoms with Gasteiger partial charge < -0.3 is 5.73 Å². The van der Waals surface area contributed by atoms with Gasteiger partial charge in [-0.25, -0.2) is 0 Å². The highest BCUT2D eigenvalue weighted by Gasteiger charge is 2.11. The normalized spacial score (nSPS) is 16.2. The molecule has 0 fully saturated rings. The van der Waals surface area contributed by atoms with Gasteiger partial charge in [0, 0.05) is 0 Å². The molecule has 0 aromatic heterocycles. The van der Waals surface area contributed by atoms with Gasteiger partial charge in [0.1, 0.15) is 0 Å². The van der Waals surface area contributed by atoms with Gasteiger partial charge in [-0.15, -0.1) is 0 Å². The summed E-state index contributed by atoms with van der Waals surface area (Å²) >= 11 is 0. The Morgan fingerprint density at radius 1 is 1.75 bits per heavy atom. The summed E-state index contributed by atoms with van der Waals surface area (Å²) in [6.45, 7) is 0. The monoisotopic (exact) mass is 114 g/mol. The minimum Gasteiger partial charge on any atom is -0.363 e. The van der Waals surface area contributed by atoms with E-state index in [2.05, 4.69) is 15.4 Å². The molecule has 0 aromatic carbocycles. The Hall–Kier alpha value is -1.30. The van der Waals surface area contributed by atoms with Crippen molar-refractivity contribution in [1.29, 1.82) is 0 Å². The number of quaternary nitrogens is 1. The van der Waals surface area contributed by atoms with E-state index in [0.717, 1.165) is 0 Å². The van der Waals surface area contributed by atoms with Crippen LogP contribution >= 0.6 is 0 Å². The summed E-state index contributed by atoms with van der Waals surface area (Å²) < 4.78 is 0. The zero-order valence-corrected chi connectivity index (χ0v) is 3.90. The standard InChI is InChI=1S/C2H3N5O/c3-1(8)2-4-6-7-5-2/h(H2,3,8)(H,4,5,6,7)/p+1. The van der Waals surface area contributed by atoms with Crippen molar-refractivity contribution in [3.8, 4) is 0 Å². The molecule has 42 valence electrons. The average Bonchev–Trinajstić information content (AvgIpc) is 2.12. The molecule has 0 atom stereocenters. The lowest BCUT2D eigenvalue weighted by Gasteiger charge is -1.75. The first kappa shape index (κ1) is 4.85. The molecule has 0 spiro atoms. The Balaban J connectivity index is 2.72. The number of hydrogen-bond donors (Lipinski definition) is 2. The summed E-state index contributed by atoms with van der Waals surface area (Å²) in [7, 11) is 0. The van der Waals surface area contributed by atoms with Gasteiger partial charge in [-0.1, -0.05) is 10.6 Å². The summed E-state index contributed by atoms with van der Waals surface area (Å²) in [5.74, 6) is -0.687. The molecule has 6 nitrogen and oxygen atoms in total. The first-order chi connectivity index (χ1) is 3.80. The minimum absolute atomic E-state index is 0.0370. The van der Waals surface area contributed by atoms with Crippen LogP contribution < -0.4 is 11.3 Å². The predicted molar refractivity (Wildman–Crippen MR) is 23.4 cm³/mol. The molecule has 6 heteroatoms. The molecule has 1 aliphatic rings. The first-order valence-corrected chi connectivity index (χ1v) is 1.91. The SMILES string of the molecule is NC(=O)C1=N[NH2+]N=N1. The van der Waals surface area contributed by atoms with Crippen molar-refractivity contribution in [2.45, 2.75) is 0 Å². The van der Waals surface area contributed by atoms with Gasteiger partial charge in [0.25, 0.3) is 5.91 Å². The highest BCUT2D eigenvalue weighted by molar-refractivity contribution is 6.37. The number of carbonyl (C=O) groups excluding carboxylic acids is 1. The predicted octanol–water partition coefficient (Wildman–Crippen LogP) is -2.27. The van der Waals surface area contributed by atoms with Crippen LogP contribution in [0.1, 0.15) is 0 Å². The summed E-state index contributed by atoms with van der Waals surface area (Å²) in [5.41, 5.74) is 5.92. The van der Waals surface area contributed by atoms with Gasteiger partial charge in [-0.3, -0.25) is 4.79 Å². The molecule has 0 saturated heterocycles. The number of nitrogens with zero attached hydrogens (tertiary/aromatic N) is 3. The van der Waals surface area contributed by atoms with E-state index >= 15 is 0 Å². The molecule has 1 rings (SSSR count). The van der Waals surface area contributed by atoms with E-state index in [1.54, 1.807) is 0 Å². The Bertz CT molecular complexity index is 169. The molecule has 0 radical (unpaired) electrons. The zero-order chi connectivity index (χ0) is 5.98. The fourth-order valence-corrected chi connectivity index (χ4v) is 0.300. The third kappa shape index (κ3) is 0.684. The molecular formula is C2H4N5O+. The number of amides is 1. The van der Waals surface area contributed by atoms with Crippen molar-refractivity contribution < 1.29 is 10.3 Å². The van der Waals surface area contributed by atoms with Crippen molar-refractivity contribution in [2.75, 3.05) is 0 Å². The minimum atomic E-state index is -0.650. The highest BCUT2D eigenvalue weighted by atomic mass is 16.1. The largest absolute Gasteiger partial charge is 0.363 e. The average molecular weight is 114 g/mol. The van der Waals surface area contributed by atoms with E-state index < -0.39 is 5.91 Å². The number of hydrogen-bond acceptors (Lipinski definition) is 4. The molecule has 0 aliphatic carbocycles. The van der Waals surface area contributed by atoms with Crippen LogP contribution in [0, 0.1) is 0 Å². The van der Waals surface area contributed by atoms with Crippen LogP contribution in [0.25, 0.3) is 0 Å². The second kappa shape index (κ2) is 1.66. The van der Waals surface area contributed by atoms with Crippen molar-refractivity contribution >= 4 is 11.7 Å². The van der Waals surface area contributed by atoms with Crippen molar-refractivity contribution in [3.63, 3.8) is 0 Å². The lowest BCUT2D eigenvalue weighted by molar-refractivity contribution is -0.668. The van der Waals surface area contributed by atoms with Crippen LogP contribution in [0.15, 0.2) is 15.4 Å². The molecule has 1 heterocycles.